The molecule has 0 bridgehead atoms. The van der Waals surface area contributed by atoms with Crippen LogP contribution in [-0.4, -0.2) is 21.6 Å². The third kappa shape index (κ3) is 2.18. The van der Waals surface area contributed by atoms with E-state index >= 15 is 0 Å². The topological polar surface area (TPSA) is 76.0 Å². The van der Waals surface area contributed by atoms with Crippen LogP contribution >= 0.6 is 11.6 Å². The number of fused-ring (bicyclic) bond motifs is 4. The van der Waals surface area contributed by atoms with Crippen LogP contribution in [0.15, 0.2) is 42.6 Å². The van der Waals surface area contributed by atoms with Crippen LogP contribution in [0.3, 0.4) is 0 Å². The minimum absolute atomic E-state index is 0.0116. The lowest BCUT2D eigenvalue weighted by Crippen LogP contribution is -2.43. The maximum Gasteiger partial charge on any atom is 0.240 e. The summed E-state index contributed by atoms with van der Waals surface area (Å²) in [5, 5.41) is 10.8. The Balaban J connectivity index is 1.77. The smallest absolute Gasteiger partial charge is 0.240 e. The first-order valence-electron chi connectivity index (χ1n) is 8.97. The summed E-state index contributed by atoms with van der Waals surface area (Å²) in [6, 6.07) is 11.4. The Hall–Kier alpha value is -3.12. The van der Waals surface area contributed by atoms with Crippen molar-refractivity contribution in [3.05, 3.63) is 69.9 Å². The summed E-state index contributed by atoms with van der Waals surface area (Å²) in [7, 11) is 0. The summed E-state index contributed by atoms with van der Waals surface area (Å²) >= 11 is 6.30. The first-order valence-corrected chi connectivity index (χ1v) is 9.35. The molecule has 2 aliphatic rings. The fraction of sp³-hybridized carbons (Fsp3) is 0.190. The van der Waals surface area contributed by atoms with Gasteiger partial charge in [-0.1, -0.05) is 29.8 Å². The molecule has 6 nitrogen and oxygen atoms in total. The molecule has 28 heavy (non-hydrogen) atoms. The Morgan fingerprint density at radius 3 is 2.57 bits per heavy atom. The molecule has 3 aromatic rings. The fourth-order valence-electron chi connectivity index (χ4n) is 4.35. The third-order valence-corrected chi connectivity index (χ3v) is 5.78. The first-order chi connectivity index (χ1) is 13.4. The number of rotatable bonds is 1. The molecule has 1 aromatic heterocycles. The van der Waals surface area contributed by atoms with E-state index in [1.807, 2.05) is 32.0 Å². The van der Waals surface area contributed by atoms with E-state index in [0.29, 0.717) is 27.7 Å². The van der Waals surface area contributed by atoms with Crippen molar-refractivity contribution in [2.24, 2.45) is 0 Å². The Morgan fingerprint density at radius 2 is 1.82 bits per heavy atom. The number of hydrogen-bond acceptors (Lipinski definition) is 3. The number of anilines is 2. The van der Waals surface area contributed by atoms with Gasteiger partial charge in [0, 0.05) is 12.0 Å². The van der Waals surface area contributed by atoms with E-state index < -0.39 is 5.41 Å². The fourth-order valence-corrected chi connectivity index (χ4v) is 4.58. The minimum Gasteiger partial charge on any atom is -0.323 e. The number of amides is 2. The van der Waals surface area contributed by atoms with Gasteiger partial charge in [-0.3, -0.25) is 9.59 Å². The van der Waals surface area contributed by atoms with Gasteiger partial charge in [0.1, 0.15) is 11.2 Å². The molecule has 0 unspecified atom stereocenters. The van der Waals surface area contributed by atoms with Crippen LogP contribution in [0.2, 0.25) is 5.02 Å². The van der Waals surface area contributed by atoms with Gasteiger partial charge in [0.25, 0.3) is 0 Å². The maximum absolute atomic E-state index is 13.1. The highest BCUT2D eigenvalue weighted by molar-refractivity contribution is 6.35. The number of halogens is 1. The highest BCUT2D eigenvalue weighted by Gasteiger charge is 2.54. The van der Waals surface area contributed by atoms with E-state index in [1.165, 1.54) is 0 Å². The standard InChI is InChI=1S/C21H17ClN4O2/c1-11-6-12(2)8-13(7-11)26-19-15(10-23-26)21(9-17(27)24-19)14-4-3-5-16(22)18(14)25-20(21)28/h3-8,10H,9H2,1-2H3,(H,24,27)(H,25,28)/t21-/m0/s1. The van der Waals surface area contributed by atoms with E-state index in [4.69, 9.17) is 11.6 Å². The predicted octanol–water partition coefficient (Wildman–Crippen LogP) is 3.72. The molecule has 0 aliphatic carbocycles. The maximum atomic E-state index is 13.1. The number of carbonyl (C=O) groups is 2. The van der Waals surface area contributed by atoms with E-state index in [-0.39, 0.29) is 18.2 Å². The van der Waals surface area contributed by atoms with Gasteiger partial charge in [-0.05, 0) is 48.7 Å². The van der Waals surface area contributed by atoms with Crippen LogP contribution in [-0.2, 0) is 15.0 Å². The molecule has 5 rings (SSSR count). The van der Waals surface area contributed by atoms with E-state index in [9.17, 15) is 9.59 Å². The number of carbonyl (C=O) groups excluding carboxylic acids is 2. The zero-order valence-corrected chi connectivity index (χ0v) is 16.1. The average Bonchev–Trinajstić information content (AvgIpc) is 3.16. The zero-order chi connectivity index (χ0) is 19.6. The van der Waals surface area contributed by atoms with Crippen molar-refractivity contribution < 1.29 is 9.59 Å². The molecule has 1 atom stereocenters. The molecule has 0 radical (unpaired) electrons. The summed E-state index contributed by atoms with van der Waals surface area (Å²) in [4.78, 5) is 25.8. The van der Waals surface area contributed by atoms with Crippen LogP contribution in [0.25, 0.3) is 5.69 Å². The molecule has 0 saturated carbocycles. The average molecular weight is 393 g/mol. The van der Waals surface area contributed by atoms with Crippen LogP contribution in [0, 0.1) is 13.8 Å². The normalized spacial score (nSPS) is 20.0. The molecule has 2 aliphatic heterocycles. The molecule has 2 amide bonds. The van der Waals surface area contributed by atoms with Gasteiger partial charge >= 0.3 is 0 Å². The Bertz CT molecular complexity index is 1160. The number of para-hydroxylation sites is 1. The lowest BCUT2D eigenvalue weighted by Gasteiger charge is -2.31. The van der Waals surface area contributed by atoms with E-state index in [2.05, 4.69) is 21.8 Å². The second-order valence-electron chi connectivity index (χ2n) is 7.41. The van der Waals surface area contributed by atoms with Gasteiger partial charge in [-0.15, -0.1) is 0 Å². The summed E-state index contributed by atoms with van der Waals surface area (Å²) in [6.45, 7) is 4.02. The van der Waals surface area contributed by atoms with Gasteiger partial charge in [0.05, 0.1) is 22.6 Å². The van der Waals surface area contributed by atoms with Crippen molar-refractivity contribution in [1.82, 2.24) is 9.78 Å². The number of benzene rings is 2. The summed E-state index contributed by atoms with van der Waals surface area (Å²) < 4.78 is 1.68. The van der Waals surface area contributed by atoms with Crippen LogP contribution in [0.5, 0.6) is 0 Å². The first kappa shape index (κ1) is 17.0. The number of aryl methyl sites for hydroxylation is 2. The van der Waals surface area contributed by atoms with Crippen LogP contribution in [0.4, 0.5) is 11.5 Å². The lowest BCUT2D eigenvalue weighted by molar-refractivity contribution is -0.125. The van der Waals surface area contributed by atoms with Gasteiger partial charge in [-0.2, -0.15) is 5.10 Å². The lowest BCUT2D eigenvalue weighted by atomic mass is 9.72. The van der Waals surface area contributed by atoms with E-state index in [0.717, 1.165) is 16.8 Å². The number of aromatic nitrogens is 2. The molecule has 7 heteroatoms. The molecule has 140 valence electrons. The summed E-state index contributed by atoms with van der Waals surface area (Å²) in [5.74, 6) is 0.0255. The Kier molecular flexibility index (Phi) is 3.46. The summed E-state index contributed by atoms with van der Waals surface area (Å²) in [6.07, 6.45) is 1.68. The van der Waals surface area contributed by atoms with Crippen LogP contribution < -0.4 is 10.6 Å². The molecule has 3 heterocycles. The second kappa shape index (κ2) is 5.69. The molecular weight excluding hydrogens is 376 g/mol. The zero-order valence-electron chi connectivity index (χ0n) is 15.3. The number of nitrogens with one attached hydrogen (secondary N) is 2. The quantitative estimate of drug-likeness (QED) is 0.662. The van der Waals surface area contributed by atoms with Crippen molar-refractivity contribution in [2.45, 2.75) is 25.7 Å². The highest BCUT2D eigenvalue weighted by Crippen LogP contribution is 2.51. The van der Waals surface area contributed by atoms with Crippen molar-refractivity contribution in [3.63, 3.8) is 0 Å². The second-order valence-corrected chi connectivity index (χ2v) is 7.82. The Labute approximate surface area is 166 Å². The van der Waals surface area contributed by atoms with Gasteiger partial charge in [0.2, 0.25) is 11.8 Å². The van der Waals surface area contributed by atoms with Crippen molar-refractivity contribution in [1.29, 1.82) is 0 Å². The number of nitrogens with zero attached hydrogens (tertiary/aromatic N) is 2. The highest BCUT2D eigenvalue weighted by atomic mass is 35.5. The third-order valence-electron chi connectivity index (χ3n) is 5.46. The molecular formula is C21H17ClN4O2. The largest absolute Gasteiger partial charge is 0.323 e. The molecule has 0 saturated heterocycles. The van der Waals surface area contributed by atoms with Gasteiger partial charge in [-0.25, -0.2) is 4.68 Å². The van der Waals surface area contributed by atoms with Gasteiger partial charge in [0.15, 0.2) is 0 Å². The predicted molar refractivity (Wildman–Crippen MR) is 107 cm³/mol. The molecule has 0 fully saturated rings. The monoisotopic (exact) mass is 392 g/mol. The molecule has 1 spiro atoms. The van der Waals surface area contributed by atoms with Crippen molar-refractivity contribution in [2.75, 3.05) is 10.6 Å². The molecule has 2 aromatic carbocycles. The van der Waals surface area contributed by atoms with Crippen molar-refractivity contribution >= 4 is 34.9 Å². The SMILES string of the molecule is Cc1cc(C)cc(-n2ncc3c2NC(=O)C[C@@]32C(=O)Nc3c(Cl)cccc32)c1. The van der Waals surface area contributed by atoms with Crippen LogP contribution in [0.1, 0.15) is 28.7 Å². The Morgan fingerprint density at radius 1 is 1.07 bits per heavy atom. The summed E-state index contributed by atoms with van der Waals surface area (Å²) in [5.41, 5.74) is 3.83. The van der Waals surface area contributed by atoms with Gasteiger partial charge < -0.3 is 10.6 Å². The van der Waals surface area contributed by atoms with E-state index in [1.54, 1.807) is 23.0 Å². The van der Waals surface area contributed by atoms with Crippen molar-refractivity contribution in [3.8, 4) is 5.69 Å². The minimum atomic E-state index is -1.13. The molecule has 2 N–H and O–H groups in total. The number of hydrogen-bond donors (Lipinski definition) is 2.